The summed E-state index contributed by atoms with van der Waals surface area (Å²) in [5.41, 5.74) is 6.09. The summed E-state index contributed by atoms with van der Waals surface area (Å²) >= 11 is 2.11. The Hall–Kier alpha value is 0.310. The van der Waals surface area contributed by atoms with Crippen molar-refractivity contribution in [3.05, 3.63) is 0 Å². The molecule has 1 fully saturated rings. The molecular weight excluding hydrogens is 178 g/mol. The van der Waals surface area contributed by atoms with Crippen molar-refractivity contribution in [1.82, 2.24) is 0 Å². The average Bonchev–Trinajstić information content (AvgIpc) is 2.65. The summed E-state index contributed by atoms with van der Waals surface area (Å²) in [5.74, 6) is 1.86. The van der Waals surface area contributed by atoms with Crippen LogP contribution in [0.2, 0.25) is 0 Å². The van der Waals surface area contributed by atoms with Gasteiger partial charge in [0.25, 0.3) is 0 Å². The number of hydrogen-bond acceptors (Lipinski definition) is 2. The maximum absolute atomic E-state index is 6.09. The molecule has 0 spiro atoms. The molecular formula is C11H23NS. The Labute approximate surface area is 86.8 Å². The SMILES string of the molecule is CCC(C)C(N)CSC1CCCC1. The summed E-state index contributed by atoms with van der Waals surface area (Å²) in [6.45, 7) is 4.49. The molecule has 0 heterocycles. The molecule has 0 radical (unpaired) electrons. The zero-order valence-corrected chi connectivity index (χ0v) is 9.78. The van der Waals surface area contributed by atoms with Gasteiger partial charge in [-0.25, -0.2) is 0 Å². The van der Waals surface area contributed by atoms with Crippen LogP contribution >= 0.6 is 11.8 Å². The molecule has 1 saturated carbocycles. The number of rotatable bonds is 5. The van der Waals surface area contributed by atoms with E-state index in [9.17, 15) is 0 Å². The Balaban J connectivity index is 2.10. The Morgan fingerprint density at radius 2 is 2.00 bits per heavy atom. The van der Waals surface area contributed by atoms with Crippen LogP contribution < -0.4 is 5.73 Å². The molecule has 0 aromatic heterocycles. The van der Waals surface area contributed by atoms with E-state index in [1.165, 1.54) is 37.9 Å². The summed E-state index contributed by atoms with van der Waals surface area (Å²) < 4.78 is 0. The van der Waals surface area contributed by atoms with Crippen LogP contribution in [-0.4, -0.2) is 17.0 Å². The van der Waals surface area contributed by atoms with Crippen LogP contribution in [0.4, 0.5) is 0 Å². The smallest absolute Gasteiger partial charge is 0.0156 e. The molecule has 13 heavy (non-hydrogen) atoms. The highest BCUT2D eigenvalue weighted by atomic mass is 32.2. The van der Waals surface area contributed by atoms with Gasteiger partial charge < -0.3 is 5.73 Å². The van der Waals surface area contributed by atoms with Crippen molar-refractivity contribution in [2.75, 3.05) is 5.75 Å². The summed E-state index contributed by atoms with van der Waals surface area (Å²) in [6, 6.07) is 0.413. The second-order valence-corrected chi connectivity index (χ2v) is 5.62. The van der Waals surface area contributed by atoms with Crippen molar-refractivity contribution < 1.29 is 0 Å². The predicted octanol–water partition coefficient (Wildman–Crippen LogP) is 3.04. The summed E-state index contributed by atoms with van der Waals surface area (Å²) in [4.78, 5) is 0. The standard InChI is InChI=1S/C11H23NS/c1-3-9(2)11(12)8-13-10-6-4-5-7-10/h9-11H,3-8,12H2,1-2H3. The second kappa shape index (κ2) is 5.92. The Morgan fingerprint density at radius 3 is 2.54 bits per heavy atom. The fraction of sp³-hybridized carbons (Fsp3) is 1.00. The third-order valence-corrected chi connectivity index (χ3v) is 4.72. The van der Waals surface area contributed by atoms with E-state index in [0.717, 1.165) is 5.25 Å². The molecule has 0 saturated heterocycles. The van der Waals surface area contributed by atoms with Crippen LogP contribution in [0.3, 0.4) is 0 Å². The first kappa shape index (κ1) is 11.4. The van der Waals surface area contributed by atoms with Crippen LogP contribution in [-0.2, 0) is 0 Å². The number of hydrogen-bond donors (Lipinski definition) is 1. The molecule has 0 bridgehead atoms. The zero-order chi connectivity index (χ0) is 9.68. The zero-order valence-electron chi connectivity index (χ0n) is 8.96. The third-order valence-electron chi connectivity index (χ3n) is 3.20. The summed E-state index contributed by atoms with van der Waals surface area (Å²) in [6.07, 6.45) is 6.95. The largest absolute Gasteiger partial charge is 0.327 e. The molecule has 2 N–H and O–H groups in total. The van der Waals surface area contributed by atoms with Crippen molar-refractivity contribution in [2.24, 2.45) is 11.7 Å². The van der Waals surface area contributed by atoms with E-state index in [-0.39, 0.29) is 0 Å². The molecule has 1 aliphatic carbocycles. The summed E-state index contributed by atoms with van der Waals surface area (Å²) in [7, 11) is 0. The van der Waals surface area contributed by atoms with E-state index in [1.807, 2.05) is 0 Å². The van der Waals surface area contributed by atoms with Crippen LogP contribution in [0.1, 0.15) is 46.0 Å². The van der Waals surface area contributed by atoms with Crippen molar-refractivity contribution in [3.63, 3.8) is 0 Å². The lowest BCUT2D eigenvalue weighted by Crippen LogP contribution is -2.31. The fourth-order valence-electron chi connectivity index (χ4n) is 1.77. The van der Waals surface area contributed by atoms with E-state index in [0.29, 0.717) is 12.0 Å². The van der Waals surface area contributed by atoms with Crippen molar-refractivity contribution in [2.45, 2.75) is 57.2 Å². The molecule has 1 rings (SSSR count). The van der Waals surface area contributed by atoms with E-state index < -0.39 is 0 Å². The molecule has 0 aliphatic heterocycles. The van der Waals surface area contributed by atoms with Gasteiger partial charge in [-0.1, -0.05) is 33.1 Å². The van der Waals surface area contributed by atoms with Gasteiger partial charge in [-0.05, 0) is 18.8 Å². The lowest BCUT2D eigenvalue weighted by atomic mass is 10.0. The minimum atomic E-state index is 0.413. The van der Waals surface area contributed by atoms with E-state index in [2.05, 4.69) is 25.6 Å². The van der Waals surface area contributed by atoms with E-state index in [4.69, 9.17) is 5.73 Å². The highest BCUT2D eigenvalue weighted by Gasteiger charge is 2.18. The van der Waals surface area contributed by atoms with Gasteiger partial charge in [-0.2, -0.15) is 11.8 Å². The van der Waals surface area contributed by atoms with E-state index >= 15 is 0 Å². The first-order chi connectivity index (χ1) is 6.24. The van der Waals surface area contributed by atoms with E-state index in [1.54, 1.807) is 0 Å². The Kier molecular flexibility index (Phi) is 5.18. The molecule has 0 aromatic rings. The van der Waals surface area contributed by atoms with Gasteiger partial charge in [0.05, 0.1) is 0 Å². The van der Waals surface area contributed by atoms with Gasteiger partial charge in [0.15, 0.2) is 0 Å². The monoisotopic (exact) mass is 201 g/mol. The van der Waals surface area contributed by atoms with Gasteiger partial charge in [-0.15, -0.1) is 0 Å². The quantitative estimate of drug-likeness (QED) is 0.740. The second-order valence-electron chi connectivity index (χ2n) is 4.29. The minimum Gasteiger partial charge on any atom is -0.327 e. The highest BCUT2D eigenvalue weighted by Crippen LogP contribution is 2.30. The maximum Gasteiger partial charge on any atom is 0.0156 e. The molecule has 2 atom stereocenters. The average molecular weight is 201 g/mol. The third kappa shape index (κ3) is 3.90. The van der Waals surface area contributed by atoms with Crippen molar-refractivity contribution >= 4 is 11.8 Å². The summed E-state index contributed by atoms with van der Waals surface area (Å²) in [5, 5.41) is 0.926. The van der Waals surface area contributed by atoms with Crippen LogP contribution in [0, 0.1) is 5.92 Å². The van der Waals surface area contributed by atoms with Crippen LogP contribution in [0.15, 0.2) is 0 Å². The minimum absolute atomic E-state index is 0.413. The Bertz CT molecular complexity index is 132. The van der Waals surface area contributed by atoms with Gasteiger partial charge >= 0.3 is 0 Å². The highest BCUT2D eigenvalue weighted by molar-refractivity contribution is 7.99. The van der Waals surface area contributed by atoms with Crippen molar-refractivity contribution in [1.29, 1.82) is 0 Å². The lowest BCUT2D eigenvalue weighted by molar-refractivity contribution is 0.475. The Morgan fingerprint density at radius 1 is 1.38 bits per heavy atom. The first-order valence-electron chi connectivity index (χ1n) is 5.61. The van der Waals surface area contributed by atoms with Crippen molar-refractivity contribution in [3.8, 4) is 0 Å². The van der Waals surface area contributed by atoms with Crippen LogP contribution in [0.25, 0.3) is 0 Å². The fourth-order valence-corrected chi connectivity index (χ4v) is 3.26. The number of thioether (sulfide) groups is 1. The normalized spacial score (nSPS) is 23.3. The predicted molar refractivity (Wildman–Crippen MR) is 62.1 cm³/mol. The number of nitrogens with two attached hydrogens (primary N) is 1. The van der Waals surface area contributed by atoms with Gasteiger partial charge in [0.1, 0.15) is 0 Å². The molecule has 1 nitrogen and oxygen atoms in total. The molecule has 0 amide bonds. The van der Waals surface area contributed by atoms with Gasteiger partial charge in [0.2, 0.25) is 0 Å². The van der Waals surface area contributed by atoms with Gasteiger partial charge in [-0.3, -0.25) is 0 Å². The van der Waals surface area contributed by atoms with Crippen LogP contribution in [0.5, 0.6) is 0 Å². The van der Waals surface area contributed by atoms with Gasteiger partial charge in [0, 0.05) is 17.0 Å². The maximum atomic E-state index is 6.09. The first-order valence-corrected chi connectivity index (χ1v) is 6.66. The molecule has 78 valence electrons. The molecule has 1 aliphatic rings. The molecule has 0 aromatic carbocycles. The lowest BCUT2D eigenvalue weighted by Gasteiger charge is -2.19. The topological polar surface area (TPSA) is 26.0 Å². The molecule has 2 unspecified atom stereocenters. The molecule has 2 heteroatoms.